The summed E-state index contributed by atoms with van der Waals surface area (Å²) in [7, 11) is 0.988. The van der Waals surface area contributed by atoms with Gasteiger partial charge in [0.25, 0.3) is 5.22 Å². The summed E-state index contributed by atoms with van der Waals surface area (Å²) in [5, 5.41) is 11.0. The molecule has 0 saturated carbocycles. The fraction of sp³-hybridized carbons (Fsp3) is 0.471. The first-order valence-corrected chi connectivity index (χ1v) is 11.3. The van der Waals surface area contributed by atoms with E-state index < -0.39 is 9.84 Å². The maximum absolute atomic E-state index is 12.1. The maximum atomic E-state index is 12.1. The van der Waals surface area contributed by atoms with Crippen molar-refractivity contribution in [2.24, 2.45) is 5.92 Å². The Kier molecular flexibility index (Phi) is 6.05. The molecule has 146 valence electrons. The molecule has 1 aliphatic rings. The van der Waals surface area contributed by atoms with Crippen LogP contribution in [-0.4, -0.2) is 55.9 Å². The van der Waals surface area contributed by atoms with Gasteiger partial charge in [-0.3, -0.25) is 4.79 Å². The Morgan fingerprint density at radius 2 is 2.04 bits per heavy atom. The molecule has 1 N–H and O–H groups in total. The van der Waals surface area contributed by atoms with Gasteiger partial charge in [-0.2, -0.15) is 0 Å². The molecule has 1 fully saturated rings. The van der Waals surface area contributed by atoms with E-state index in [0.29, 0.717) is 24.0 Å². The molecule has 8 nitrogen and oxygen atoms in total. The van der Waals surface area contributed by atoms with E-state index in [4.69, 9.17) is 4.42 Å². The van der Waals surface area contributed by atoms with Gasteiger partial charge in [0, 0.05) is 31.9 Å². The van der Waals surface area contributed by atoms with Crippen LogP contribution in [0.15, 0.2) is 33.9 Å². The summed E-state index contributed by atoms with van der Waals surface area (Å²) < 4.78 is 28.5. The van der Waals surface area contributed by atoms with Crippen LogP contribution in [0.2, 0.25) is 0 Å². The van der Waals surface area contributed by atoms with Crippen LogP contribution in [0.3, 0.4) is 0 Å². The summed E-state index contributed by atoms with van der Waals surface area (Å²) >= 11 is 1.16. The molecule has 1 aromatic heterocycles. The largest absolute Gasteiger partial charge is 0.416 e. The van der Waals surface area contributed by atoms with Crippen molar-refractivity contribution in [3.63, 3.8) is 0 Å². The van der Waals surface area contributed by atoms with Crippen LogP contribution in [0.1, 0.15) is 12.3 Å². The second-order valence-electron chi connectivity index (χ2n) is 6.71. The van der Waals surface area contributed by atoms with Gasteiger partial charge in [0.05, 0.1) is 17.3 Å². The zero-order chi connectivity index (χ0) is 19.4. The summed E-state index contributed by atoms with van der Waals surface area (Å²) in [5.74, 6) is 0.824. The summed E-state index contributed by atoms with van der Waals surface area (Å²) in [5.41, 5.74) is 1.77. The van der Waals surface area contributed by atoms with E-state index in [0.717, 1.165) is 23.1 Å². The van der Waals surface area contributed by atoms with E-state index in [9.17, 15) is 13.2 Å². The molecular formula is C17H22N4O4S2. The third-order valence-electron chi connectivity index (χ3n) is 4.23. The van der Waals surface area contributed by atoms with Crippen molar-refractivity contribution in [2.75, 3.05) is 41.6 Å². The number of nitrogens with zero attached hydrogens (tertiary/aromatic N) is 3. The van der Waals surface area contributed by atoms with Crippen molar-refractivity contribution in [1.82, 2.24) is 10.2 Å². The number of carbonyl (C=O) groups is 1. The Morgan fingerprint density at radius 3 is 2.67 bits per heavy atom. The number of hydrogen-bond donors (Lipinski definition) is 1. The summed E-state index contributed by atoms with van der Waals surface area (Å²) in [4.78, 5) is 14.0. The second kappa shape index (κ2) is 8.30. The van der Waals surface area contributed by atoms with Gasteiger partial charge >= 0.3 is 0 Å². The number of sulfone groups is 1. The van der Waals surface area contributed by atoms with E-state index in [-0.39, 0.29) is 29.1 Å². The lowest BCUT2D eigenvalue weighted by molar-refractivity contribution is -0.113. The molecule has 10 heteroatoms. The van der Waals surface area contributed by atoms with Crippen molar-refractivity contribution in [3.8, 4) is 0 Å². The number of aromatic nitrogens is 2. The molecule has 0 aliphatic carbocycles. The number of rotatable bonds is 7. The van der Waals surface area contributed by atoms with Crippen LogP contribution >= 0.6 is 11.8 Å². The van der Waals surface area contributed by atoms with Gasteiger partial charge < -0.3 is 14.6 Å². The topological polar surface area (TPSA) is 105 Å². The molecule has 0 spiro atoms. The van der Waals surface area contributed by atoms with Crippen molar-refractivity contribution in [3.05, 3.63) is 30.2 Å². The van der Waals surface area contributed by atoms with Crippen LogP contribution in [0.5, 0.6) is 0 Å². The second-order valence-corrected chi connectivity index (χ2v) is 9.87. The molecule has 2 aromatic rings. The van der Waals surface area contributed by atoms with Crippen molar-refractivity contribution in [2.45, 2.75) is 18.1 Å². The highest BCUT2D eigenvalue weighted by atomic mass is 32.2. The minimum atomic E-state index is -2.92. The lowest BCUT2D eigenvalue weighted by Gasteiger charge is -2.12. The molecule has 0 bridgehead atoms. The number of hydrogen-bond acceptors (Lipinski definition) is 8. The Morgan fingerprint density at radius 1 is 1.30 bits per heavy atom. The Balaban J connectivity index is 1.46. The number of anilines is 2. The summed E-state index contributed by atoms with van der Waals surface area (Å²) in [6, 6.07) is 7.54. The predicted molar refractivity (Wildman–Crippen MR) is 105 cm³/mol. The molecule has 1 saturated heterocycles. The van der Waals surface area contributed by atoms with Gasteiger partial charge in [-0.25, -0.2) is 8.42 Å². The first-order chi connectivity index (χ1) is 12.8. The molecule has 1 atom stereocenters. The highest BCUT2D eigenvalue weighted by molar-refractivity contribution is 7.99. The minimum absolute atomic E-state index is 0.0294. The smallest absolute Gasteiger partial charge is 0.277 e. The van der Waals surface area contributed by atoms with Crippen LogP contribution < -0.4 is 10.2 Å². The number of amides is 1. The lowest BCUT2D eigenvalue weighted by atomic mass is 10.1. The number of nitrogens with one attached hydrogen (secondary N) is 1. The average Bonchev–Trinajstić information content (AvgIpc) is 3.19. The van der Waals surface area contributed by atoms with Gasteiger partial charge in [-0.15, -0.1) is 10.2 Å². The van der Waals surface area contributed by atoms with E-state index in [1.807, 2.05) is 43.3 Å². The molecule has 0 radical (unpaired) electrons. The third kappa shape index (κ3) is 5.70. The van der Waals surface area contributed by atoms with Gasteiger partial charge in [-0.1, -0.05) is 11.8 Å². The third-order valence-corrected chi connectivity index (χ3v) is 6.89. The van der Waals surface area contributed by atoms with Crippen molar-refractivity contribution < 1.29 is 17.6 Å². The first kappa shape index (κ1) is 19.7. The molecule has 1 aliphatic heterocycles. The van der Waals surface area contributed by atoms with Gasteiger partial charge in [-0.05, 0) is 36.6 Å². The predicted octanol–water partition coefficient (Wildman–Crippen LogP) is 1.84. The first-order valence-electron chi connectivity index (χ1n) is 8.53. The minimum Gasteiger partial charge on any atom is -0.416 e. The number of benzene rings is 1. The van der Waals surface area contributed by atoms with E-state index in [2.05, 4.69) is 15.5 Å². The molecular weight excluding hydrogens is 388 g/mol. The average molecular weight is 411 g/mol. The summed E-state index contributed by atoms with van der Waals surface area (Å²) in [6.07, 6.45) is 1.08. The zero-order valence-electron chi connectivity index (χ0n) is 15.2. The van der Waals surface area contributed by atoms with E-state index in [1.165, 1.54) is 0 Å². The summed E-state index contributed by atoms with van der Waals surface area (Å²) in [6.45, 7) is 0. The fourth-order valence-electron chi connectivity index (χ4n) is 2.83. The SMILES string of the molecule is CN(C)c1ccc(NC(=O)CSc2nnc(C[C@@H]3CCS(=O)(=O)C3)o2)cc1. The highest BCUT2D eigenvalue weighted by Gasteiger charge is 2.29. The maximum Gasteiger partial charge on any atom is 0.277 e. The normalized spacial score (nSPS) is 18.4. The van der Waals surface area contributed by atoms with Gasteiger partial charge in [0.1, 0.15) is 0 Å². The number of thioether (sulfide) groups is 1. The molecule has 3 rings (SSSR count). The Hall–Kier alpha value is -2.07. The van der Waals surface area contributed by atoms with Gasteiger partial charge in [0.2, 0.25) is 11.8 Å². The van der Waals surface area contributed by atoms with Crippen molar-refractivity contribution >= 4 is 38.9 Å². The highest BCUT2D eigenvalue weighted by Crippen LogP contribution is 2.24. The molecule has 1 amide bonds. The van der Waals surface area contributed by atoms with Crippen LogP contribution in [-0.2, 0) is 21.1 Å². The van der Waals surface area contributed by atoms with E-state index in [1.54, 1.807) is 0 Å². The zero-order valence-corrected chi connectivity index (χ0v) is 16.8. The molecule has 27 heavy (non-hydrogen) atoms. The van der Waals surface area contributed by atoms with Crippen LogP contribution in [0, 0.1) is 5.92 Å². The van der Waals surface area contributed by atoms with Crippen molar-refractivity contribution in [1.29, 1.82) is 0 Å². The Bertz CT molecular complexity index is 894. The molecule has 2 heterocycles. The van der Waals surface area contributed by atoms with Gasteiger partial charge in [0.15, 0.2) is 9.84 Å². The Labute approximate surface area is 162 Å². The fourth-order valence-corrected chi connectivity index (χ4v) is 5.27. The lowest BCUT2D eigenvalue weighted by Crippen LogP contribution is -2.14. The van der Waals surface area contributed by atoms with Crippen LogP contribution in [0.4, 0.5) is 11.4 Å². The number of carbonyl (C=O) groups excluding carboxylic acids is 1. The van der Waals surface area contributed by atoms with E-state index >= 15 is 0 Å². The monoisotopic (exact) mass is 410 g/mol. The standard InChI is InChI=1S/C17H22N4O4S2/c1-21(2)14-5-3-13(4-6-14)18-15(22)10-26-17-20-19-16(25-17)9-12-7-8-27(23,24)11-12/h3-6,12H,7-11H2,1-2H3,(H,18,22)/t12-/m0/s1. The molecule has 0 unspecified atom stereocenters. The molecule has 1 aromatic carbocycles. The van der Waals surface area contributed by atoms with Crippen LogP contribution in [0.25, 0.3) is 0 Å². The quantitative estimate of drug-likeness (QED) is 0.690.